The standard InChI is InChI=1S/C26H48N4O4/c1-3-27-17-26(34,16-24(32)33)12-6-4-5-7-20-8-10-21(11-9-20)25-22(30-14-13-28-18-30)15-23(31)19(2)29-25/h13,19-23,25,27,29,31,34H,3-12,14-18H2,1-2H3,(H,32,33)/p+1/t19-,20?,21?,22-,23+,25+,26+/m0/s1. The predicted octanol–water partition coefficient (Wildman–Crippen LogP) is 0.965. The molecule has 3 rings (SSSR count). The van der Waals surface area contributed by atoms with Crippen LogP contribution in [0.15, 0.2) is 4.99 Å². The number of carboxylic acid groups (broad SMARTS) is 1. The molecule has 0 aromatic carbocycles. The number of quaternary nitrogens is 1. The topological polar surface area (TPSA) is 119 Å². The molecule has 6 atom stereocenters. The second kappa shape index (κ2) is 13.3. The third-order valence-corrected chi connectivity index (χ3v) is 8.60. The molecule has 0 amide bonds. The van der Waals surface area contributed by atoms with Gasteiger partial charge in [0.2, 0.25) is 0 Å². The van der Waals surface area contributed by atoms with Crippen LogP contribution >= 0.6 is 0 Å². The second-order valence-corrected chi connectivity index (χ2v) is 11.2. The summed E-state index contributed by atoms with van der Waals surface area (Å²) in [5, 5.41) is 37.2. The molecule has 0 spiro atoms. The van der Waals surface area contributed by atoms with Gasteiger partial charge in [-0.15, -0.1) is 0 Å². The molecule has 1 saturated carbocycles. The van der Waals surface area contributed by atoms with Crippen LogP contribution in [0.4, 0.5) is 0 Å². The number of piperidine rings is 1. The van der Waals surface area contributed by atoms with E-state index in [0.717, 1.165) is 51.4 Å². The summed E-state index contributed by atoms with van der Waals surface area (Å²) in [6.07, 6.45) is 12.4. The minimum absolute atomic E-state index is 0.161. The molecule has 2 aliphatic heterocycles. The largest absolute Gasteiger partial charge is 0.481 e. The molecule has 6 N–H and O–H groups in total. The SMILES string of the molecule is CCNC[C@@](O)(CCCCCC1CCC([C@H]2N[C@@H](C)[C@H](O)C[C@@H]2[NH+]2CC=NC2)CC1)CC(=O)O. The fraction of sp³-hybridized carbons (Fsp3) is 0.923. The van der Waals surface area contributed by atoms with Crippen molar-refractivity contribution in [3.05, 3.63) is 0 Å². The molecule has 0 aromatic heterocycles. The molecule has 1 aliphatic carbocycles. The van der Waals surface area contributed by atoms with E-state index in [9.17, 15) is 15.0 Å². The number of carbonyl (C=O) groups is 1. The fourth-order valence-corrected chi connectivity index (χ4v) is 6.50. The molecule has 8 nitrogen and oxygen atoms in total. The van der Waals surface area contributed by atoms with E-state index in [4.69, 9.17) is 5.11 Å². The zero-order valence-corrected chi connectivity index (χ0v) is 21.3. The Labute approximate surface area is 205 Å². The maximum Gasteiger partial charge on any atom is 0.306 e. The van der Waals surface area contributed by atoms with Crippen LogP contribution in [0.2, 0.25) is 0 Å². The van der Waals surface area contributed by atoms with Crippen LogP contribution in [0.25, 0.3) is 0 Å². The maximum atomic E-state index is 11.1. The highest BCUT2D eigenvalue weighted by Crippen LogP contribution is 2.36. The molecule has 1 saturated heterocycles. The van der Waals surface area contributed by atoms with Gasteiger partial charge in [-0.05, 0) is 44.6 Å². The first-order valence-corrected chi connectivity index (χ1v) is 13.7. The molecule has 196 valence electrons. The number of likely N-dealkylation sites (N-methyl/N-ethyl adjacent to an activating group) is 1. The van der Waals surface area contributed by atoms with Crippen molar-refractivity contribution >= 4 is 12.2 Å². The third kappa shape index (κ3) is 7.98. The van der Waals surface area contributed by atoms with Crippen molar-refractivity contribution in [2.45, 2.75) is 114 Å². The smallest absolute Gasteiger partial charge is 0.306 e. The van der Waals surface area contributed by atoms with Crippen molar-refractivity contribution in [1.82, 2.24) is 10.6 Å². The monoisotopic (exact) mass is 481 g/mol. The number of aliphatic carboxylic acids is 1. The number of rotatable bonds is 13. The van der Waals surface area contributed by atoms with Crippen molar-refractivity contribution in [1.29, 1.82) is 0 Å². The van der Waals surface area contributed by atoms with Gasteiger partial charge in [-0.25, -0.2) is 4.99 Å². The van der Waals surface area contributed by atoms with E-state index >= 15 is 0 Å². The van der Waals surface area contributed by atoms with Crippen molar-refractivity contribution < 1.29 is 25.0 Å². The van der Waals surface area contributed by atoms with E-state index in [1.807, 2.05) is 13.1 Å². The molecule has 0 bridgehead atoms. The van der Waals surface area contributed by atoms with E-state index in [-0.39, 0.29) is 18.6 Å². The van der Waals surface area contributed by atoms with Gasteiger partial charge < -0.3 is 30.9 Å². The Morgan fingerprint density at radius 2 is 2.00 bits per heavy atom. The van der Waals surface area contributed by atoms with Gasteiger partial charge >= 0.3 is 5.97 Å². The van der Waals surface area contributed by atoms with Crippen LogP contribution < -0.4 is 15.5 Å². The van der Waals surface area contributed by atoms with Crippen molar-refractivity contribution in [3.8, 4) is 0 Å². The number of aliphatic hydroxyl groups is 2. The number of aliphatic hydroxyl groups excluding tert-OH is 1. The van der Waals surface area contributed by atoms with Crippen LogP contribution in [0.3, 0.4) is 0 Å². The van der Waals surface area contributed by atoms with E-state index in [0.29, 0.717) is 31.0 Å². The Morgan fingerprint density at radius 1 is 1.24 bits per heavy atom. The summed E-state index contributed by atoms with van der Waals surface area (Å²) in [5.41, 5.74) is -1.14. The minimum Gasteiger partial charge on any atom is -0.481 e. The Bertz CT molecular complexity index is 647. The van der Waals surface area contributed by atoms with E-state index in [2.05, 4.69) is 22.5 Å². The molecule has 34 heavy (non-hydrogen) atoms. The molecule has 1 unspecified atom stereocenters. The lowest BCUT2D eigenvalue weighted by molar-refractivity contribution is -0.914. The number of hydrogen-bond acceptors (Lipinski definition) is 6. The van der Waals surface area contributed by atoms with E-state index < -0.39 is 11.6 Å². The number of nitrogens with zero attached hydrogens (tertiary/aromatic N) is 1. The Kier molecular flexibility index (Phi) is 10.8. The van der Waals surface area contributed by atoms with Gasteiger partial charge in [0.05, 0.1) is 30.4 Å². The summed E-state index contributed by atoms with van der Waals surface area (Å²) in [7, 11) is 0. The van der Waals surface area contributed by atoms with Crippen LogP contribution in [0, 0.1) is 11.8 Å². The molecule has 2 heterocycles. The lowest BCUT2D eigenvalue weighted by atomic mass is 9.72. The van der Waals surface area contributed by atoms with Crippen molar-refractivity contribution in [2.75, 3.05) is 26.3 Å². The second-order valence-electron chi connectivity index (χ2n) is 11.2. The first-order chi connectivity index (χ1) is 16.3. The molecule has 2 fully saturated rings. The summed E-state index contributed by atoms with van der Waals surface area (Å²) in [4.78, 5) is 17.1. The van der Waals surface area contributed by atoms with Gasteiger partial charge in [-0.2, -0.15) is 0 Å². The zero-order valence-electron chi connectivity index (χ0n) is 21.3. The third-order valence-electron chi connectivity index (χ3n) is 8.60. The average Bonchev–Trinajstić information content (AvgIpc) is 3.34. The predicted molar refractivity (Wildman–Crippen MR) is 134 cm³/mol. The van der Waals surface area contributed by atoms with E-state index in [1.165, 1.54) is 37.0 Å². The number of carboxylic acids is 1. The van der Waals surface area contributed by atoms with Gasteiger partial charge in [0.25, 0.3) is 0 Å². The van der Waals surface area contributed by atoms with Crippen LogP contribution in [0.5, 0.6) is 0 Å². The van der Waals surface area contributed by atoms with Gasteiger partial charge in [0.1, 0.15) is 12.6 Å². The Balaban J connectivity index is 1.38. The number of nitrogens with one attached hydrogen (secondary N) is 3. The zero-order chi connectivity index (χ0) is 24.6. The number of aliphatic imine (C=N–C) groups is 1. The number of unbranched alkanes of at least 4 members (excludes halogenated alkanes) is 2. The van der Waals surface area contributed by atoms with Gasteiger partial charge in [0.15, 0.2) is 6.67 Å². The molecule has 0 radical (unpaired) electrons. The van der Waals surface area contributed by atoms with Gasteiger partial charge in [-0.1, -0.05) is 45.4 Å². The van der Waals surface area contributed by atoms with Crippen molar-refractivity contribution in [2.24, 2.45) is 16.8 Å². The van der Waals surface area contributed by atoms with Crippen LogP contribution in [0.1, 0.15) is 84.5 Å². The highest BCUT2D eigenvalue weighted by atomic mass is 16.4. The Morgan fingerprint density at radius 3 is 2.65 bits per heavy atom. The highest BCUT2D eigenvalue weighted by Gasteiger charge is 2.44. The lowest BCUT2D eigenvalue weighted by Gasteiger charge is -2.45. The van der Waals surface area contributed by atoms with Crippen LogP contribution in [-0.4, -0.2) is 83.6 Å². The minimum atomic E-state index is -1.14. The molecule has 8 heteroatoms. The first-order valence-electron chi connectivity index (χ1n) is 13.7. The molecular formula is C26H49N4O4+. The Hall–Kier alpha value is -1.06. The fourth-order valence-electron chi connectivity index (χ4n) is 6.50. The molecule has 3 aliphatic rings. The summed E-state index contributed by atoms with van der Waals surface area (Å²) in [6.45, 7) is 6.98. The summed E-state index contributed by atoms with van der Waals surface area (Å²) >= 11 is 0. The first kappa shape index (κ1) is 27.5. The van der Waals surface area contributed by atoms with E-state index in [1.54, 1.807) is 0 Å². The van der Waals surface area contributed by atoms with Gasteiger partial charge in [-0.3, -0.25) is 4.79 Å². The number of hydrogen-bond donors (Lipinski definition) is 6. The lowest BCUT2D eigenvalue weighted by Crippen LogP contribution is -3.17. The highest BCUT2D eigenvalue weighted by molar-refractivity contribution is 5.68. The summed E-state index contributed by atoms with van der Waals surface area (Å²) in [5.74, 6) is 0.527. The van der Waals surface area contributed by atoms with Crippen LogP contribution in [-0.2, 0) is 4.79 Å². The summed E-state index contributed by atoms with van der Waals surface area (Å²) < 4.78 is 0. The van der Waals surface area contributed by atoms with Gasteiger partial charge in [0, 0.05) is 19.0 Å². The average molecular weight is 482 g/mol. The van der Waals surface area contributed by atoms with Crippen molar-refractivity contribution in [3.63, 3.8) is 0 Å². The quantitative estimate of drug-likeness (QED) is 0.218. The molecule has 0 aromatic rings. The normalized spacial score (nSPS) is 35.8. The molecular weight excluding hydrogens is 432 g/mol. The summed E-state index contributed by atoms with van der Waals surface area (Å²) in [6, 6.07) is 1.08. The maximum absolute atomic E-state index is 11.1.